The molecule has 1 heterocycles. The quantitative estimate of drug-likeness (QED) is 0.598. The first-order chi connectivity index (χ1) is 11.0. The van der Waals surface area contributed by atoms with Crippen LogP contribution in [0.1, 0.15) is 24.2 Å². The van der Waals surface area contributed by atoms with Crippen LogP contribution in [0.15, 0.2) is 18.2 Å². The maximum absolute atomic E-state index is 12.2. The van der Waals surface area contributed by atoms with Gasteiger partial charge in [-0.05, 0) is 26.0 Å². The zero-order chi connectivity index (χ0) is 16.8. The molecule has 8 nitrogen and oxygen atoms in total. The molecule has 0 atom stereocenters. The van der Waals surface area contributed by atoms with Crippen LogP contribution in [0.25, 0.3) is 0 Å². The molecule has 1 aromatic carbocycles. The van der Waals surface area contributed by atoms with Crippen LogP contribution in [0.4, 0.5) is 5.69 Å². The molecule has 0 aromatic heterocycles. The molecule has 0 spiro atoms. The fourth-order valence-corrected chi connectivity index (χ4v) is 2.31. The second-order valence-corrected chi connectivity index (χ2v) is 5.64. The van der Waals surface area contributed by atoms with Crippen molar-refractivity contribution in [2.24, 2.45) is 0 Å². The molecule has 23 heavy (non-hydrogen) atoms. The maximum Gasteiger partial charge on any atom is 0.311 e. The van der Waals surface area contributed by atoms with E-state index in [1.807, 2.05) is 0 Å². The van der Waals surface area contributed by atoms with Crippen molar-refractivity contribution in [3.63, 3.8) is 0 Å². The lowest BCUT2D eigenvalue weighted by atomic mass is 10.1. The first-order valence-corrected chi connectivity index (χ1v) is 7.63. The Morgan fingerprint density at radius 1 is 1.43 bits per heavy atom. The van der Waals surface area contributed by atoms with Gasteiger partial charge < -0.3 is 15.4 Å². The number of carbonyl (C=O) groups is 1. The van der Waals surface area contributed by atoms with E-state index < -0.39 is 4.92 Å². The van der Waals surface area contributed by atoms with Gasteiger partial charge in [-0.3, -0.25) is 19.8 Å². The molecule has 8 heteroatoms. The van der Waals surface area contributed by atoms with E-state index in [9.17, 15) is 14.9 Å². The lowest BCUT2D eigenvalue weighted by Crippen LogP contribution is -2.48. The van der Waals surface area contributed by atoms with Gasteiger partial charge in [0.25, 0.3) is 5.91 Å². The highest BCUT2D eigenvalue weighted by Gasteiger charge is 2.20. The van der Waals surface area contributed by atoms with Crippen LogP contribution < -0.4 is 15.4 Å². The lowest BCUT2D eigenvalue weighted by molar-refractivity contribution is -0.386. The Morgan fingerprint density at radius 2 is 2.13 bits per heavy atom. The second-order valence-electron chi connectivity index (χ2n) is 5.64. The third-order valence-electron chi connectivity index (χ3n) is 3.45. The smallest absolute Gasteiger partial charge is 0.311 e. The van der Waals surface area contributed by atoms with Gasteiger partial charge in [0.2, 0.25) is 0 Å². The molecule has 0 aliphatic carbocycles. The largest absolute Gasteiger partial charge is 0.484 e. The Balaban J connectivity index is 2.04. The van der Waals surface area contributed by atoms with Gasteiger partial charge in [0, 0.05) is 37.8 Å². The molecule has 1 aromatic rings. The Hall–Kier alpha value is -2.19. The predicted molar refractivity (Wildman–Crippen MR) is 85.6 cm³/mol. The van der Waals surface area contributed by atoms with Crippen LogP contribution in [0.2, 0.25) is 0 Å². The Bertz CT molecular complexity index is 571. The monoisotopic (exact) mass is 322 g/mol. The summed E-state index contributed by atoms with van der Waals surface area (Å²) in [6, 6.07) is 4.26. The highest BCUT2D eigenvalue weighted by atomic mass is 16.6. The number of amides is 1. The topological polar surface area (TPSA) is 96.7 Å². The number of nitrogens with zero attached hydrogens (tertiary/aromatic N) is 2. The summed E-state index contributed by atoms with van der Waals surface area (Å²) in [7, 11) is 0. The van der Waals surface area contributed by atoms with E-state index in [2.05, 4.69) is 15.5 Å². The zero-order valence-electron chi connectivity index (χ0n) is 13.4. The van der Waals surface area contributed by atoms with Crippen molar-refractivity contribution < 1.29 is 14.5 Å². The van der Waals surface area contributed by atoms with Crippen molar-refractivity contribution in [2.45, 2.75) is 20.0 Å². The summed E-state index contributed by atoms with van der Waals surface area (Å²) in [6.45, 7) is 7.52. The Morgan fingerprint density at radius 3 is 2.74 bits per heavy atom. The lowest BCUT2D eigenvalue weighted by Gasteiger charge is -2.27. The van der Waals surface area contributed by atoms with Gasteiger partial charge in [-0.15, -0.1) is 0 Å². The average Bonchev–Trinajstić information content (AvgIpc) is 2.53. The van der Waals surface area contributed by atoms with Gasteiger partial charge in [-0.25, -0.2) is 0 Å². The van der Waals surface area contributed by atoms with Crippen LogP contribution in [0, 0.1) is 10.1 Å². The molecule has 1 amide bonds. The number of piperazine rings is 1. The minimum Gasteiger partial charge on any atom is -0.484 e. The minimum atomic E-state index is -0.537. The van der Waals surface area contributed by atoms with E-state index in [1.165, 1.54) is 18.2 Å². The summed E-state index contributed by atoms with van der Waals surface area (Å²) < 4.78 is 5.41. The number of hydrogen-bond donors (Lipinski definition) is 2. The van der Waals surface area contributed by atoms with Crippen LogP contribution in [0.3, 0.4) is 0 Å². The fourth-order valence-electron chi connectivity index (χ4n) is 2.31. The third kappa shape index (κ3) is 4.90. The van der Waals surface area contributed by atoms with E-state index in [0.717, 1.165) is 26.2 Å². The van der Waals surface area contributed by atoms with Crippen LogP contribution in [-0.4, -0.2) is 54.7 Å². The van der Waals surface area contributed by atoms with Crippen molar-refractivity contribution in [2.75, 3.05) is 32.8 Å². The van der Waals surface area contributed by atoms with Crippen LogP contribution in [0.5, 0.6) is 5.75 Å². The van der Waals surface area contributed by atoms with E-state index in [4.69, 9.17) is 4.74 Å². The van der Waals surface area contributed by atoms with Gasteiger partial charge in [0.05, 0.1) is 17.7 Å². The molecule has 1 aliphatic rings. The molecule has 2 rings (SSSR count). The average molecular weight is 322 g/mol. The first-order valence-electron chi connectivity index (χ1n) is 7.63. The molecular formula is C15H22N4O4. The molecule has 0 saturated carbocycles. The highest BCUT2D eigenvalue weighted by molar-refractivity contribution is 5.95. The summed E-state index contributed by atoms with van der Waals surface area (Å²) in [4.78, 5) is 24.9. The van der Waals surface area contributed by atoms with Gasteiger partial charge in [0.1, 0.15) is 0 Å². The number of carbonyl (C=O) groups excluding carboxylic acids is 1. The number of nitrogens with one attached hydrogen (secondary N) is 2. The summed E-state index contributed by atoms with van der Waals surface area (Å²) in [5.74, 6) is -0.161. The predicted octanol–water partition coefficient (Wildman–Crippen LogP) is 0.975. The molecule has 1 aliphatic heterocycles. The normalized spacial score (nSPS) is 15.4. The Kier molecular flexibility index (Phi) is 5.89. The number of hydrogen-bond acceptors (Lipinski definition) is 6. The van der Waals surface area contributed by atoms with Gasteiger partial charge in [0.15, 0.2) is 5.75 Å². The number of nitro groups is 1. The van der Waals surface area contributed by atoms with E-state index in [0.29, 0.717) is 6.67 Å². The second kappa shape index (κ2) is 7.89. The zero-order valence-corrected chi connectivity index (χ0v) is 13.4. The van der Waals surface area contributed by atoms with Gasteiger partial charge in [-0.1, -0.05) is 0 Å². The van der Waals surface area contributed by atoms with E-state index in [-0.39, 0.29) is 29.0 Å². The van der Waals surface area contributed by atoms with Crippen molar-refractivity contribution in [1.82, 2.24) is 15.5 Å². The molecule has 0 radical (unpaired) electrons. The molecule has 126 valence electrons. The van der Waals surface area contributed by atoms with Crippen molar-refractivity contribution in [1.29, 1.82) is 0 Å². The van der Waals surface area contributed by atoms with Gasteiger partial charge in [-0.2, -0.15) is 0 Å². The number of nitro benzene ring substituents is 1. The number of rotatable bonds is 6. The molecule has 0 bridgehead atoms. The van der Waals surface area contributed by atoms with Crippen LogP contribution >= 0.6 is 0 Å². The summed E-state index contributed by atoms with van der Waals surface area (Å²) in [5.41, 5.74) is 0.0523. The van der Waals surface area contributed by atoms with Crippen molar-refractivity contribution in [3.8, 4) is 5.75 Å². The molecule has 1 saturated heterocycles. The highest BCUT2D eigenvalue weighted by Crippen LogP contribution is 2.28. The molecular weight excluding hydrogens is 300 g/mol. The van der Waals surface area contributed by atoms with Gasteiger partial charge >= 0.3 is 5.69 Å². The standard InChI is InChI=1S/C15H22N4O4/c1-11(2)23-14-4-3-12(9-13(14)19(21)22)15(20)17-10-18-7-5-16-6-8-18/h3-4,9,11,16H,5-8,10H2,1-2H3,(H,17,20). The fraction of sp³-hybridized carbons (Fsp3) is 0.533. The van der Waals surface area contributed by atoms with Crippen LogP contribution in [-0.2, 0) is 0 Å². The maximum atomic E-state index is 12.2. The summed E-state index contributed by atoms with van der Waals surface area (Å²) in [5, 5.41) is 17.2. The minimum absolute atomic E-state index is 0.170. The van der Waals surface area contributed by atoms with E-state index >= 15 is 0 Å². The SMILES string of the molecule is CC(C)Oc1ccc(C(=O)NCN2CCNCC2)cc1[N+](=O)[O-]. The third-order valence-corrected chi connectivity index (χ3v) is 3.45. The summed E-state index contributed by atoms with van der Waals surface area (Å²) >= 11 is 0. The number of ether oxygens (including phenoxy) is 1. The van der Waals surface area contributed by atoms with E-state index in [1.54, 1.807) is 13.8 Å². The molecule has 2 N–H and O–H groups in total. The first kappa shape index (κ1) is 17.2. The molecule has 0 unspecified atom stereocenters. The van der Waals surface area contributed by atoms with Crippen molar-refractivity contribution in [3.05, 3.63) is 33.9 Å². The molecule has 1 fully saturated rings. The number of benzene rings is 1. The van der Waals surface area contributed by atoms with Crippen molar-refractivity contribution >= 4 is 11.6 Å². The summed E-state index contributed by atoms with van der Waals surface area (Å²) in [6.07, 6.45) is -0.180. The Labute approximate surface area is 134 Å².